The highest BCUT2D eigenvalue weighted by Crippen LogP contribution is 2.23. The highest BCUT2D eigenvalue weighted by atomic mass is 16.7. The highest BCUT2D eigenvalue weighted by Gasteiger charge is 2.44. The Balaban J connectivity index is 2.31. The van der Waals surface area contributed by atoms with Gasteiger partial charge in [0.25, 0.3) is 0 Å². The lowest BCUT2D eigenvalue weighted by molar-refractivity contribution is -0.302. The summed E-state index contributed by atoms with van der Waals surface area (Å²) in [5.74, 6) is -0.193. The van der Waals surface area contributed by atoms with Crippen LogP contribution in [0.2, 0.25) is 0 Å². The van der Waals surface area contributed by atoms with Gasteiger partial charge in [0, 0.05) is 6.42 Å². The van der Waals surface area contributed by atoms with E-state index in [4.69, 9.17) is 9.47 Å². The van der Waals surface area contributed by atoms with E-state index < -0.39 is 49.5 Å². The van der Waals surface area contributed by atoms with Crippen LogP contribution in [0.1, 0.15) is 245 Å². The number of hydrogen-bond acceptors (Lipinski definition) is 8. The van der Waals surface area contributed by atoms with E-state index in [1.165, 1.54) is 167 Å². The van der Waals surface area contributed by atoms with Crippen molar-refractivity contribution in [2.24, 2.45) is 0 Å². The fraction of sp³-hybridized carbons (Fsp3) is 0.870. The van der Waals surface area contributed by atoms with E-state index in [-0.39, 0.29) is 12.5 Å². The molecule has 0 saturated carbocycles. The summed E-state index contributed by atoms with van der Waals surface area (Å²) in [6.07, 6.45) is 49.1. The maximum atomic E-state index is 13.0. The molecule has 0 aromatic rings. The summed E-state index contributed by atoms with van der Waals surface area (Å²) < 4.78 is 11.2. The number of carbonyl (C=O) groups is 1. The number of rotatable bonds is 45. The molecule has 370 valence electrons. The average molecular weight is 892 g/mol. The van der Waals surface area contributed by atoms with Crippen LogP contribution >= 0.6 is 0 Å². The molecular weight excluding hydrogens is 791 g/mol. The van der Waals surface area contributed by atoms with Crippen molar-refractivity contribution >= 4 is 5.91 Å². The first-order valence-corrected chi connectivity index (χ1v) is 26.7. The Bertz CT molecular complexity index is 1080. The topological polar surface area (TPSA) is 149 Å². The maximum absolute atomic E-state index is 13.0. The van der Waals surface area contributed by atoms with E-state index in [1.807, 2.05) is 6.08 Å². The Morgan fingerprint density at radius 1 is 0.524 bits per heavy atom. The van der Waals surface area contributed by atoms with Crippen molar-refractivity contribution in [3.05, 3.63) is 36.5 Å². The second-order valence-electron chi connectivity index (χ2n) is 18.7. The van der Waals surface area contributed by atoms with Gasteiger partial charge in [0.1, 0.15) is 24.4 Å². The van der Waals surface area contributed by atoms with Crippen LogP contribution in [0.15, 0.2) is 36.5 Å². The minimum atomic E-state index is -1.57. The number of aliphatic hydroxyl groups is 5. The number of amides is 1. The first kappa shape index (κ1) is 59.4. The lowest BCUT2D eigenvalue weighted by atomic mass is 9.99. The van der Waals surface area contributed by atoms with Crippen molar-refractivity contribution in [3.8, 4) is 0 Å². The van der Waals surface area contributed by atoms with Gasteiger partial charge in [-0.3, -0.25) is 4.79 Å². The minimum absolute atomic E-state index is 0.193. The van der Waals surface area contributed by atoms with Crippen molar-refractivity contribution < 1.29 is 39.8 Å². The Hall–Kier alpha value is -1.59. The summed E-state index contributed by atoms with van der Waals surface area (Å²) in [6.45, 7) is 3.77. The molecule has 9 heteroatoms. The van der Waals surface area contributed by atoms with Crippen molar-refractivity contribution in [1.29, 1.82) is 0 Å². The van der Waals surface area contributed by atoms with Crippen LogP contribution in [-0.2, 0) is 14.3 Å². The quantitative estimate of drug-likeness (QED) is 0.0261. The monoisotopic (exact) mass is 892 g/mol. The van der Waals surface area contributed by atoms with Crippen LogP contribution in [0.4, 0.5) is 0 Å². The maximum Gasteiger partial charge on any atom is 0.220 e. The summed E-state index contributed by atoms with van der Waals surface area (Å²) >= 11 is 0. The third kappa shape index (κ3) is 34.4. The van der Waals surface area contributed by atoms with Crippen LogP contribution in [0.25, 0.3) is 0 Å². The van der Waals surface area contributed by atoms with E-state index in [2.05, 4.69) is 43.5 Å². The van der Waals surface area contributed by atoms with Gasteiger partial charge in [0.15, 0.2) is 6.29 Å². The molecule has 0 aromatic heterocycles. The highest BCUT2D eigenvalue weighted by molar-refractivity contribution is 5.76. The molecular formula is C54H101NO8. The van der Waals surface area contributed by atoms with Crippen LogP contribution in [0.5, 0.6) is 0 Å². The molecule has 1 fully saturated rings. The van der Waals surface area contributed by atoms with Crippen molar-refractivity contribution in [3.63, 3.8) is 0 Å². The molecule has 0 spiro atoms. The number of hydrogen-bond donors (Lipinski definition) is 6. The molecule has 7 atom stereocenters. The summed E-state index contributed by atoms with van der Waals surface area (Å²) in [4.78, 5) is 13.0. The minimum Gasteiger partial charge on any atom is -0.394 e. The predicted octanol–water partition coefficient (Wildman–Crippen LogP) is 12.4. The van der Waals surface area contributed by atoms with Crippen LogP contribution in [0, 0.1) is 0 Å². The van der Waals surface area contributed by atoms with Gasteiger partial charge in [-0.15, -0.1) is 0 Å². The Labute approximate surface area is 387 Å². The van der Waals surface area contributed by atoms with E-state index in [1.54, 1.807) is 6.08 Å². The average Bonchev–Trinajstić information content (AvgIpc) is 3.28. The molecule has 6 N–H and O–H groups in total. The Morgan fingerprint density at radius 2 is 0.905 bits per heavy atom. The molecule has 7 unspecified atom stereocenters. The van der Waals surface area contributed by atoms with Gasteiger partial charge < -0.3 is 40.3 Å². The molecule has 9 nitrogen and oxygen atoms in total. The number of allylic oxidation sites excluding steroid dienone is 5. The van der Waals surface area contributed by atoms with Gasteiger partial charge in [-0.05, 0) is 57.8 Å². The predicted molar refractivity (Wildman–Crippen MR) is 263 cm³/mol. The normalized spacial score (nSPS) is 20.4. The third-order valence-corrected chi connectivity index (χ3v) is 12.7. The van der Waals surface area contributed by atoms with E-state index >= 15 is 0 Å². The summed E-state index contributed by atoms with van der Waals surface area (Å²) in [7, 11) is 0. The first-order chi connectivity index (χ1) is 30.8. The van der Waals surface area contributed by atoms with Gasteiger partial charge in [-0.1, -0.05) is 217 Å². The third-order valence-electron chi connectivity index (χ3n) is 12.7. The molecule has 1 heterocycles. The van der Waals surface area contributed by atoms with Crippen LogP contribution in [-0.4, -0.2) is 87.5 Å². The van der Waals surface area contributed by atoms with Gasteiger partial charge in [0.05, 0.1) is 25.4 Å². The van der Waals surface area contributed by atoms with Crippen LogP contribution in [0.3, 0.4) is 0 Å². The molecule has 0 aromatic carbocycles. The van der Waals surface area contributed by atoms with E-state index in [9.17, 15) is 30.3 Å². The summed E-state index contributed by atoms with van der Waals surface area (Å²) in [5.41, 5.74) is 0. The van der Waals surface area contributed by atoms with Crippen LogP contribution < -0.4 is 5.32 Å². The van der Waals surface area contributed by atoms with Gasteiger partial charge in [-0.25, -0.2) is 0 Å². The van der Waals surface area contributed by atoms with Crippen molar-refractivity contribution in [1.82, 2.24) is 5.32 Å². The standard InChI is InChI=1S/C54H101NO8/c1-3-5-7-9-11-13-15-17-19-21-23-24-25-26-27-29-31-33-35-37-39-41-43-48(57)47(46-62-54-53(61)52(60)51(59)49(45-56)63-54)55-50(58)44-42-40-38-36-34-32-30-28-22-20-18-16-14-12-10-8-6-4-2/h28,30,33,35,41,43,47-49,51-54,56-57,59-61H,3-27,29,31-32,34,36-40,42,44-46H2,1-2H3,(H,55,58)/b30-28-,35-33+,43-41+. The number of nitrogens with one attached hydrogen (secondary N) is 1. The van der Waals surface area contributed by atoms with Gasteiger partial charge in [0.2, 0.25) is 5.91 Å². The zero-order valence-electron chi connectivity index (χ0n) is 40.8. The molecule has 0 aliphatic carbocycles. The molecule has 1 amide bonds. The van der Waals surface area contributed by atoms with E-state index in [0.717, 1.165) is 57.8 Å². The van der Waals surface area contributed by atoms with Crippen molar-refractivity contribution in [2.45, 2.75) is 288 Å². The first-order valence-electron chi connectivity index (χ1n) is 26.7. The smallest absolute Gasteiger partial charge is 0.220 e. The largest absolute Gasteiger partial charge is 0.394 e. The second kappa shape index (κ2) is 44.3. The Kier molecular flexibility index (Phi) is 41.7. The SMILES string of the molecule is CCCCCCCCCCC/C=C\CCCCCCCC(=O)NC(COC1OC(CO)C(O)C(O)C1O)C(O)/C=C/CC/C=C/CCCCCCCCCCCCCCCCCC. The molecule has 1 rings (SSSR count). The summed E-state index contributed by atoms with van der Waals surface area (Å²) in [6, 6.07) is -0.825. The fourth-order valence-electron chi connectivity index (χ4n) is 8.40. The number of unbranched alkanes of at least 4 members (excludes halogenated alkanes) is 31. The lowest BCUT2D eigenvalue weighted by Gasteiger charge is -2.40. The van der Waals surface area contributed by atoms with Gasteiger partial charge in [-0.2, -0.15) is 0 Å². The molecule has 1 saturated heterocycles. The zero-order valence-corrected chi connectivity index (χ0v) is 40.8. The summed E-state index contributed by atoms with van der Waals surface area (Å²) in [5, 5.41) is 54.4. The van der Waals surface area contributed by atoms with Gasteiger partial charge >= 0.3 is 0 Å². The molecule has 0 bridgehead atoms. The number of ether oxygens (including phenoxy) is 2. The molecule has 1 aliphatic rings. The zero-order chi connectivity index (χ0) is 45.9. The fourth-order valence-corrected chi connectivity index (χ4v) is 8.40. The molecule has 1 aliphatic heterocycles. The molecule has 0 radical (unpaired) electrons. The van der Waals surface area contributed by atoms with E-state index in [0.29, 0.717) is 6.42 Å². The lowest BCUT2D eigenvalue weighted by Crippen LogP contribution is -2.60. The Morgan fingerprint density at radius 3 is 1.33 bits per heavy atom. The second-order valence-corrected chi connectivity index (χ2v) is 18.7. The molecule has 63 heavy (non-hydrogen) atoms. The number of carbonyl (C=O) groups excluding carboxylic acids is 1. The number of aliphatic hydroxyl groups excluding tert-OH is 5. The van der Waals surface area contributed by atoms with Crippen molar-refractivity contribution in [2.75, 3.05) is 13.2 Å².